The van der Waals surface area contributed by atoms with Gasteiger partial charge in [-0.3, -0.25) is 9.79 Å². The lowest BCUT2D eigenvalue weighted by molar-refractivity contribution is 0.0994. The maximum Gasteiger partial charge on any atom is 0.163 e. The van der Waals surface area contributed by atoms with E-state index in [9.17, 15) is 4.79 Å². The van der Waals surface area contributed by atoms with E-state index in [2.05, 4.69) is 67.3 Å². The van der Waals surface area contributed by atoms with E-state index < -0.39 is 0 Å². The highest BCUT2D eigenvalue weighted by Gasteiger charge is 2.29. The van der Waals surface area contributed by atoms with E-state index in [1.54, 1.807) is 0 Å². The minimum absolute atomic E-state index is 0.282. The highest BCUT2D eigenvalue weighted by molar-refractivity contribution is 6.07. The zero-order chi connectivity index (χ0) is 23.9. The van der Waals surface area contributed by atoms with Crippen LogP contribution in [-0.4, -0.2) is 29.6 Å². The Morgan fingerprint density at radius 2 is 1.77 bits per heavy atom. The average molecular weight is 465 g/mol. The molecule has 35 heavy (non-hydrogen) atoms. The second kappa shape index (κ2) is 9.26. The summed E-state index contributed by atoms with van der Waals surface area (Å²) in [6, 6.07) is 15.8. The first kappa shape index (κ1) is 22.5. The molecule has 3 heteroatoms. The molecule has 3 nitrogen and oxygen atoms in total. The number of ketones is 1. The predicted octanol–water partition coefficient (Wildman–Crippen LogP) is 6.98. The van der Waals surface area contributed by atoms with Gasteiger partial charge in [-0.15, -0.1) is 0 Å². The van der Waals surface area contributed by atoms with Crippen LogP contribution in [0.25, 0.3) is 5.70 Å². The summed E-state index contributed by atoms with van der Waals surface area (Å²) in [5.74, 6) is 3.87. The zero-order valence-corrected chi connectivity index (χ0v) is 21.1. The third-order valence-corrected chi connectivity index (χ3v) is 8.74. The highest BCUT2D eigenvalue weighted by Crippen LogP contribution is 2.39. The molecule has 6 rings (SSSR count). The van der Waals surface area contributed by atoms with Gasteiger partial charge in [0, 0.05) is 30.6 Å². The Balaban J connectivity index is 1.18. The first-order chi connectivity index (χ1) is 17.1. The minimum atomic E-state index is 0.282. The van der Waals surface area contributed by atoms with Crippen LogP contribution in [0, 0.1) is 11.8 Å². The van der Waals surface area contributed by atoms with Crippen molar-refractivity contribution < 1.29 is 4.79 Å². The smallest absolute Gasteiger partial charge is 0.163 e. The summed E-state index contributed by atoms with van der Waals surface area (Å²) in [5.41, 5.74) is 8.68. The van der Waals surface area contributed by atoms with E-state index in [-0.39, 0.29) is 5.78 Å². The predicted molar refractivity (Wildman–Crippen MR) is 144 cm³/mol. The van der Waals surface area contributed by atoms with Gasteiger partial charge in [-0.1, -0.05) is 56.3 Å². The lowest BCUT2D eigenvalue weighted by atomic mass is 9.75. The summed E-state index contributed by atoms with van der Waals surface area (Å²) in [4.78, 5) is 19.3. The molecular formula is C32H36N2O. The molecule has 2 aromatic rings. The number of allylic oxidation sites excluding steroid dienone is 2. The van der Waals surface area contributed by atoms with Crippen molar-refractivity contribution in [1.82, 2.24) is 4.90 Å². The van der Waals surface area contributed by atoms with Gasteiger partial charge in [-0.2, -0.15) is 0 Å². The van der Waals surface area contributed by atoms with Gasteiger partial charge in [0.15, 0.2) is 5.78 Å². The summed E-state index contributed by atoms with van der Waals surface area (Å²) >= 11 is 0. The molecule has 2 heterocycles. The first-order valence-corrected chi connectivity index (χ1v) is 13.6. The molecule has 0 aromatic heterocycles. The molecular weight excluding hydrogens is 428 g/mol. The number of nitrogens with zero attached hydrogens (tertiary/aromatic N) is 2. The van der Waals surface area contributed by atoms with Crippen LogP contribution < -0.4 is 0 Å². The van der Waals surface area contributed by atoms with E-state index in [0.717, 1.165) is 55.1 Å². The Bertz CT molecular complexity index is 1220. The van der Waals surface area contributed by atoms with Crippen LogP contribution in [-0.2, 0) is 12.8 Å². The van der Waals surface area contributed by atoms with Crippen molar-refractivity contribution in [1.29, 1.82) is 0 Å². The van der Waals surface area contributed by atoms with Crippen LogP contribution in [0.5, 0.6) is 0 Å². The molecule has 2 aliphatic carbocycles. The van der Waals surface area contributed by atoms with Gasteiger partial charge in [-0.05, 0) is 89.8 Å². The quantitative estimate of drug-likeness (QED) is 0.478. The normalized spacial score (nSPS) is 23.7. The zero-order valence-electron chi connectivity index (χ0n) is 21.1. The molecule has 0 N–H and O–H groups in total. The molecule has 0 radical (unpaired) electrons. The number of aryl methyl sites for hydroxylation is 1. The Labute approximate surface area is 209 Å². The van der Waals surface area contributed by atoms with E-state index >= 15 is 0 Å². The number of amidine groups is 1. The van der Waals surface area contributed by atoms with E-state index in [1.807, 2.05) is 6.07 Å². The summed E-state index contributed by atoms with van der Waals surface area (Å²) in [6.45, 7) is 6.51. The van der Waals surface area contributed by atoms with Crippen molar-refractivity contribution in [3.63, 3.8) is 0 Å². The van der Waals surface area contributed by atoms with Gasteiger partial charge in [0.25, 0.3) is 0 Å². The number of aliphatic imine (C=N–C) groups is 1. The van der Waals surface area contributed by atoms with Crippen molar-refractivity contribution in [2.45, 2.75) is 64.7 Å². The van der Waals surface area contributed by atoms with Crippen molar-refractivity contribution in [3.8, 4) is 0 Å². The minimum Gasteiger partial charge on any atom is -0.324 e. The average Bonchev–Trinajstić information content (AvgIpc) is 3.52. The fourth-order valence-corrected chi connectivity index (χ4v) is 6.55. The number of hydrogen-bond donors (Lipinski definition) is 0. The molecule has 0 spiro atoms. The van der Waals surface area contributed by atoms with Crippen molar-refractivity contribution in [2.75, 3.05) is 13.1 Å². The SMILES string of the molecule is CC(C)C1CCC(c2ccc(CC3=CC=C(c4ccc5c(c4)CCC5=O)N4CCN=C34)cc2)CC1. The first-order valence-electron chi connectivity index (χ1n) is 13.6. The van der Waals surface area contributed by atoms with Crippen LogP contribution in [0.1, 0.15) is 84.5 Å². The second-order valence-electron chi connectivity index (χ2n) is 11.2. The Morgan fingerprint density at radius 1 is 0.971 bits per heavy atom. The van der Waals surface area contributed by atoms with E-state index in [4.69, 9.17) is 4.99 Å². The molecule has 0 atom stereocenters. The highest BCUT2D eigenvalue weighted by atomic mass is 16.1. The van der Waals surface area contributed by atoms with Crippen LogP contribution >= 0.6 is 0 Å². The molecule has 2 aromatic carbocycles. The summed E-state index contributed by atoms with van der Waals surface area (Å²) < 4.78 is 0. The van der Waals surface area contributed by atoms with E-state index in [1.165, 1.54) is 59.2 Å². The van der Waals surface area contributed by atoms with Gasteiger partial charge in [0.1, 0.15) is 5.84 Å². The summed E-state index contributed by atoms with van der Waals surface area (Å²) in [7, 11) is 0. The number of Topliss-reactive ketones (excluding diaryl/α,β-unsaturated/α-hetero) is 1. The Kier molecular flexibility index (Phi) is 5.96. The van der Waals surface area contributed by atoms with Crippen LogP contribution in [0.3, 0.4) is 0 Å². The largest absolute Gasteiger partial charge is 0.324 e. The van der Waals surface area contributed by atoms with Crippen molar-refractivity contribution in [3.05, 3.63) is 88.0 Å². The maximum absolute atomic E-state index is 12.0. The number of hydrogen-bond acceptors (Lipinski definition) is 3. The summed E-state index contributed by atoms with van der Waals surface area (Å²) in [5, 5.41) is 0. The van der Waals surface area contributed by atoms with Gasteiger partial charge in [0.2, 0.25) is 0 Å². The standard InChI is InChI=1S/C32H36N2O/c1-21(2)23-7-9-25(10-8-23)24-5-3-22(4-6-24)19-28-12-15-30(34-18-17-33-32(28)34)27-11-14-29-26(20-27)13-16-31(29)35/h3-6,11-12,14-15,20-21,23,25H,7-10,13,16-19H2,1-2H3. The fourth-order valence-electron chi connectivity index (χ4n) is 6.55. The Morgan fingerprint density at radius 3 is 2.54 bits per heavy atom. The molecule has 1 fully saturated rings. The number of carbonyl (C=O) groups excluding carboxylic acids is 1. The van der Waals surface area contributed by atoms with Gasteiger partial charge in [-0.25, -0.2) is 0 Å². The number of benzene rings is 2. The van der Waals surface area contributed by atoms with Gasteiger partial charge >= 0.3 is 0 Å². The molecule has 2 aliphatic heterocycles. The maximum atomic E-state index is 12.0. The lowest BCUT2D eigenvalue weighted by Crippen LogP contribution is -2.30. The molecule has 0 unspecified atom stereocenters. The lowest BCUT2D eigenvalue weighted by Gasteiger charge is -2.31. The molecule has 0 bridgehead atoms. The number of fused-ring (bicyclic) bond motifs is 2. The Hall–Kier alpha value is -2.94. The molecule has 0 amide bonds. The topological polar surface area (TPSA) is 32.7 Å². The van der Waals surface area contributed by atoms with Crippen molar-refractivity contribution in [2.24, 2.45) is 16.8 Å². The summed E-state index contributed by atoms with van der Waals surface area (Å²) in [6.07, 6.45) is 12.4. The molecule has 180 valence electrons. The number of rotatable bonds is 5. The van der Waals surface area contributed by atoms with Crippen LogP contribution in [0.2, 0.25) is 0 Å². The van der Waals surface area contributed by atoms with Crippen molar-refractivity contribution >= 4 is 17.3 Å². The number of carbonyl (C=O) groups is 1. The molecule has 0 saturated heterocycles. The third-order valence-electron chi connectivity index (χ3n) is 8.74. The van der Waals surface area contributed by atoms with E-state index in [0.29, 0.717) is 6.42 Å². The van der Waals surface area contributed by atoms with Crippen LogP contribution in [0.4, 0.5) is 0 Å². The second-order valence-corrected chi connectivity index (χ2v) is 11.2. The monoisotopic (exact) mass is 464 g/mol. The third kappa shape index (κ3) is 4.30. The fraction of sp³-hybridized carbons (Fsp3) is 0.438. The molecule has 1 saturated carbocycles. The van der Waals surface area contributed by atoms with Gasteiger partial charge in [0.05, 0.1) is 6.54 Å². The van der Waals surface area contributed by atoms with Crippen LogP contribution in [0.15, 0.2) is 65.2 Å². The molecule has 4 aliphatic rings. The van der Waals surface area contributed by atoms with Gasteiger partial charge < -0.3 is 4.90 Å².